The van der Waals surface area contributed by atoms with Gasteiger partial charge in [0, 0.05) is 22.5 Å². The second kappa shape index (κ2) is 18.0. The molecule has 6 rings (SSSR count). The molecular weight excluding hydrogens is 736 g/mol. The SMILES string of the molecule is O=C(Nc1ccc(O[C@@H]2O[C@@H](CO)[C@H](O)[C@@H](O)[C@H]2O)cc1)c1ccc(N=Nc2ccc(C(=O)Nc3ccc(O[C@@H]4O[C@@H](CO)[C@H](O)[C@@H](O)[C@H]4O)cc3)cc2)cc1. The lowest BCUT2D eigenvalue weighted by molar-refractivity contribution is -0.277. The molecule has 10 N–H and O–H groups in total. The van der Waals surface area contributed by atoms with Crippen molar-refractivity contribution >= 4 is 34.6 Å². The van der Waals surface area contributed by atoms with Crippen LogP contribution in [0, 0.1) is 0 Å². The van der Waals surface area contributed by atoms with Gasteiger partial charge in [-0.2, -0.15) is 10.2 Å². The highest BCUT2D eigenvalue weighted by atomic mass is 16.7. The fraction of sp³-hybridized carbons (Fsp3) is 0.316. The summed E-state index contributed by atoms with van der Waals surface area (Å²) in [5.74, 6) is -0.313. The van der Waals surface area contributed by atoms with Crippen LogP contribution in [0.4, 0.5) is 22.7 Å². The summed E-state index contributed by atoms with van der Waals surface area (Å²) in [6, 6.07) is 25.0. The van der Waals surface area contributed by atoms with Gasteiger partial charge in [0.2, 0.25) is 12.6 Å². The first-order valence-corrected chi connectivity index (χ1v) is 17.3. The first-order valence-electron chi connectivity index (χ1n) is 17.3. The monoisotopic (exact) mass is 776 g/mol. The van der Waals surface area contributed by atoms with Gasteiger partial charge in [-0.3, -0.25) is 9.59 Å². The minimum Gasteiger partial charge on any atom is -0.462 e. The second-order valence-electron chi connectivity index (χ2n) is 12.9. The Kier molecular flexibility index (Phi) is 13.0. The van der Waals surface area contributed by atoms with E-state index in [1.54, 1.807) is 72.8 Å². The van der Waals surface area contributed by atoms with Crippen LogP contribution in [0.15, 0.2) is 107 Å². The number of aliphatic hydroxyl groups excluding tert-OH is 8. The molecule has 4 aromatic rings. The number of carbonyl (C=O) groups is 2. The van der Waals surface area contributed by atoms with Crippen molar-refractivity contribution in [3.05, 3.63) is 108 Å². The van der Waals surface area contributed by atoms with E-state index >= 15 is 0 Å². The number of nitrogens with zero attached hydrogens (tertiary/aromatic N) is 2. The van der Waals surface area contributed by atoms with Crippen molar-refractivity contribution in [2.24, 2.45) is 10.2 Å². The second-order valence-corrected chi connectivity index (χ2v) is 12.9. The van der Waals surface area contributed by atoms with E-state index in [0.29, 0.717) is 33.9 Å². The molecule has 0 aromatic heterocycles. The van der Waals surface area contributed by atoms with Gasteiger partial charge in [-0.05, 0) is 97.1 Å². The lowest BCUT2D eigenvalue weighted by Gasteiger charge is -2.39. The van der Waals surface area contributed by atoms with Crippen LogP contribution in [0.1, 0.15) is 20.7 Å². The molecule has 18 nitrogen and oxygen atoms in total. The minimum atomic E-state index is -1.58. The molecule has 56 heavy (non-hydrogen) atoms. The molecule has 0 radical (unpaired) electrons. The standard InChI is InChI=1S/C38H40N4O14/c43-17-27-29(45)31(47)33(49)37(55-27)53-25-13-9-21(10-14-25)39-35(51)19-1-5-23(6-2-19)41-42-24-7-3-20(4-8-24)36(52)40-22-11-15-26(16-12-22)54-38-34(50)32(48)30(46)28(18-44)56-38/h1-16,27-34,37-38,43-50H,17-18H2,(H,39,51)(H,40,52)/t27-,28-,29-,30-,31+,32+,33+,34+,37+,38+/m0/s1. The lowest BCUT2D eigenvalue weighted by Crippen LogP contribution is -2.60. The summed E-state index contributed by atoms with van der Waals surface area (Å²) in [6.07, 6.45) is -14.2. The Morgan fingerprint density at radius 3 is 1.16 bits per heavy atom. The van der Waals surface area contributed by atoms with Gasteiger partial charge in [0.25, 0.3) is 11.8 Å². The van der Waals surface area contributed by atoms with Crippen molar-refractivity contribution in [3.63, 3.8) is 0 Å². The van der Waals surface area contributed by atoms with Crippen LogP contribution in [0.25, 0.3) is 0 Å². The third-order valence-electron chi connectivity index (χ3n) is 8.97. The average molecular weight is 777 g/mol. The summed E-state index contributed by atoms with van der Waals surface area (Å²) in [5, 5.41) is 92.7. The van der Waals surface area contributed by atoms with Crippen LogP contribution in [0.3, 0.4) is 0 Å². The number of nitrogens with one attached hydrogen (secondary N) is 2. The summed E-state index contributed by atoms with van der Waals surface area (Å²) in [7, 11) is 0. The van der Waals surface area contributed by atoms with Gasteiger partial charge in [-0.15, -0.1) is 0 Å². The Bertz CT molecular complexity index is 1800. The molecule has 2 saturated heterocycles. The van der Waals surface area contributed by atoms with Gasteiger partial charge in [-0.1, -0.05) is 0 Å². The van der Waals surface area contributed by atoms with Crippen LogP contribution in [-0.4, -0.2) is 127 Å². The topological polar surface area (TPSA) is 282 Å². The molecule has 2 heterocycles. The Labute approximate surface area is 318 Å². The van der Waals surface area contributed by atoms with Crippen molar-refractivity contribution in [2.45, 2.75) is 61.4 Å². The Morgan fingerprint density at radius 2 is 0.839 bits per heavy atom. The zero-order valence-corrected chi connectivity index (χ0v) is 29.3. The van der Waals surface area contributed by atoms with Crippen LogP contribution in [0.2, 0.25) is 0 Å². The number of hydrogen-bond donors (Lipinski definition) is 10. The van der Waals surface area contributed by atoms with E-state index in [1.165, 1.54) is 24.3 Å². The highest BCUT2D eigenvalue weighted by Gasteiger charge is 2.45. The van der Waals surface area contributed by atoms with Gasteiger partial charge in [0.1, 0.15) is 60.3 Å². The van der Waals surface area contributed by atoms with E-state index in [1.807, 2.05) is 0 Å². The largest absolute Gasteiger partial charge is 0.462 e. The lowest BCUT2D eigenvalue weighted by atomic mass is 9.99. The molecule has 0 aliphatic carbocycles. The Balaban J connectivity index is 0.963. The zero-order valence-electron chi connectivity index (χ0n) is 29.3. The predicted molar refractivity (Wildman–Crippen MR) is 195 cm³/mol. The molecular formula is C38H40N4O14. The summed E-state index contributed by atoms with van der Waals surface area (Å²) >= 11 is 0. The minimum absolute atomic E-state index is 0.244. The number of azo groups is 1. The number of carbonyl (C=O) groups excluding carboxylic acids is 2. The average Bonchev–Trinajstić information content (AvgIpc) is 3.22. The van der Waals surface area contributed by atoms with E-state index in [0.717, 1.165) is 0 Å². The van der Waals surface area contributed by atoms with Gasteiger partial charge in [0.05, 0.1) is 24.6 Å². The van der Waals surface area contributed by atoms with Gasteiger partial charge in [-0.25, -0.2) is 0 Å². The summed E-state index contributed by atoms with van der Waals surface area (Å²) in [5.41, 5.74) is 2.51. The zero-order chi connectivity index (χ0) is 39.9. The van der Waals surface area contributed by atoms with E-state index in [4.69, 9.17) is 18.9 Å². The molecule has 4 aromatic carbocycles. The normalized spacial score (nSPS) is 27.7. The molecule has 0 saturated carbocycles. The molecule has 10 atom stereocenters. The maximum atomic E-state index is 12.8. The number of anilines is 2. The third kappa shape index (κ3) is 9.52. The summed E-state index contributed by atoms with van der Waals surface area (Å²) in [4.78, 5) is 25.7. The number of rotatable bonds is 12. The molecule has 18 heteroatoms. The van der Waals surface area contributed by atoms with Gasteiger partial charge >= 0.3 is 0 Å². The molecule has 0 spiro atoms. The van der Waals surface area contributed by atoms with Gasteiger partial charge in [0.15, 0.2) is 0 Å². The number of hydrogen-bond acceptors (Lipinski definition) is 16. The quantitative estimate of drug-likeness (QED) is 0.0898. The number of benzene rings is 4. The maximum Gasteiger partial charge on any atom is 0.255 e. The van der Waals surface area contributed by atoms with Crippen LogP contribution < -0.4 is 20.1 Å². The van der Waals surface area contributed by atoms with Gasteiger partial charge < -0.3 is 70.4 Å². The van der Waals surface area contributed by atoms with Crippen LogP contribution in [0.5, 0.6) is 11.5 Å². The smallest absolute Gasteiger partial charge is 0.255 e. The van der Waals surface area contributed by atoms with E-state index in [9.17, 15) is 50.4 Å². The van der Waals surface area contributed by atoms with E-state index < -0.39 is 86.4 Å². The first-order chi connectivity index (χ1) is 26.9. The Morgan fingerprint density at radius 1 is 0.500 bits per heavy atom. The van der Waals surface area contributed by atoms with Crippen molar-refractivity contribution in [3.8, 4) is 11.5 Å². The highest BCUT2D eigenvalue weighted by Crippen LogP contribution is 2.28. The maximum absolute atomic E-state index is 12.8. The fourth-order valence-electron chi connectivity index (χ4n) is 5.71. The van der Waals surface area contributed by atoms with Crippen molar-refractivity contribution in [2.75, 3.05) is 23.8 Å². The summed E-state index contributed by atoms with van der Waals surface area (Å²) < 4.78 is 21.8. The first kappa shape index (κ1) is 40.3. The van der Waals surface area contributed by atoms with Crippen molar-refractivity contribution in [1.29, 1.82) is 0 Å². The van der Waals surface area contributed by atoms with E-state index in [-0.39, 0.29) is 11.5 Å². The summed E-state index contributed by atoms with van der Waals surface area (Å²) in [6.45, 7) is -1.17. The third-order valence-corrected chi connectivity index (χ3v) is 8.97. The van der Waals surface area contributed by atoms with E-state index in [2.05, 4.69) is 20.9 Å². The highest BCUT2D eigenvalue weighted by molar-refractivity contribution is 6.05. The predicted octanol–water partition coefficient (Wildman–Crippen LogP) is 0.964. The molecule has 2 aliphatic heterocycles. The molecule has 0 unspecified atom stereocenters. The van der Waals surface area contributed by atoms with Crippen LogP contribution >= 0.6 is 0 Å². The molecule has 0 bridgehead atoms. The van der Waals surface area contributed by atoms with Crippen molar-refractivity contribution in [1.82, 2.24) is 0 Å². The number of amides is 2. The molecule has 2 fully saturated rings. The molecule has 296 valence electrons. The molecule has 2 aliphatic rings. The fourth-order valence-corrected chi connectivity index (χ4v) is 5.71. The molecule has 2 amide bonds. The number of aliphatic hydroxyl groups is 8. The van der Waals surface area contributed by atoms with Crippen LogP contribution in [-0.2, 0) is 9.47 Å². The van der Waals surface area contributed by atoms with Crippen molar-refractivity contribution < 1.29 is 69.4 Å². The number of ether oxygens (including phenoxy) is 4. The Hall–Kier alpha value is -5.38.